The Hall–Kier alpha value is -2.57. The number of phenolic OH excluding ortho intramolecular Hbond substituents is 1. The number of phenols is 1. The summed E-state index contributed by atoms with van der Waals surface area (Å²) in [5.41, 5.74) is 0.977. The number of nitrogens with zero attached hydrogens (tertiary/aromatic N) is 1. The minimum Gasteiger partial charge on any atom is -0.508 e. The summed E-state index contributed by atoms with van der Waals surface area (Å²) >= 11 is 0. The molecule has 30 heavy (non-hydrogen) atoms. The molecule has 3 N–H and O–H groups in total. The molecule has 0 radical (unpaired) electrons. The fraction of sp³-hybridized carbons (Fsp3) is 0.458. The molecule has 0 saturated heterocycles. The van der Waals surface area contributed by atoms with E-state index < -0.39 is 5.60 Å². The van der Waals surface area contributed by atoms with Gasteiger partial charge in [0, 0.05) is 25.1 Å². The standard InChI is InChI=1S/C16H25NO2.C8H9NO2/c1-17(2)12-14-7-4-5-10-16(14,18)13-8-6-9-15(11-13)19-3;1-6(10)9-7-2-4-8(11)5-3-7/h6,8-9,11,14,18H,4-5,7,10,12H2,1-3H3;2-5,11H,1H3,(H,9,10). The van der Waals surface area contributed by atoms with Crippen LogP contribution < -0.4 is 10.1 Å². The van der Waals surface area contributed by atoms with E-state index >= 15 is 0 Å². The molecule has 2 aromatic carbocycles. The number of rotatable bonds is 5. The minimum atomic E-state index is -0.711. The molecule has 3 rings (SSSR count). The first-order chi connectivity index (χ1) is 14.2. The molecule has 1 saturated carbocycles. The fourth-order valence-electron chi connectivity index (χ4n) is 3.93. The highest BCUT2D eigenvalue weighted by Gasteiger charge is 2.40. The monoisotopic (exact) mass is 414 g/mol. The second kappa shape index (κ2) is 11.0. The number of nitrogens with one attached hydrogen (secondary N) is 1. The third-order valence-corrected chi connectivity index (χ3v) is 5.38. The largest absolute Gasteiger partial charge is 0.508 e. The third kappa shape index (κ3) is 6.75. The van der Waals surface area contributed by atoms with Gasteiger partial charge in [0.15, 0.2) is 0 Å². The molecular weight excluding hydrogens is 380 g/mol. The van der Waals surface area contributed by atoms with E-state index in [-0.39, 0.29) is 11.7 Å². The van der Waals surface area contributed by atoms with Crippen molar-refractivity contribution in [3.05, 3.63) is 54.1 Å². The maximum absolute atomic E-state index is 11.2. The van der Waals surface area contributed by atoms with Crippen LogP contribution in [0, 0.1) is 5.92 Å². The number of carbonyl (C=O) groups excluding carboxylic acids is 1. The van der Waals surface area contributed by atoms with Gasteiger partial charge in [0.2, 0.25) is 5.91 Å². The Kier molecular flexibility index (Phi) is 8.69. The molecule has 1 amide bonds. The number of aromatic hydroxyl groups is 1. The van der Waals surface area contributed by atoms with Gasteiger partial charge in [-0.3, -0.25) is 4.79 Å². The molecule has 1 fully saturated rings. The quantitative estimate of drug-likeness (QED) is 0.645. The summed E-state index contributed by atoms with van der Waals surface area (Å²) in [6.07, 6.45) is 4.24. The molecule has 2 atom stereocenters. The number of hydrogen-bond donors (Lipinski definition) is 3. The van der Waals surface area contributed by atoms with E-state index in [9.17, 15) is 9.90 Å². The van der Waals surface area contributed by atoms with Crippen LogP contribution >= 0.6 is 0 Å². The number of ether oxygens (including phenoxy) is 1. The summed E-state index contributed by atoms with van der Waals surface area (Å²) < 4.78 is 5.29. The van der Waals surface area contributed by atoms with Crippen LogP contribution in [0.3, 0.4) is 0 Å². The van der Waals surface area contributed by atoms with Gasteiger partial charge in [0.1, 0.15) is 11.5 Å². The molecule has 164 valence electrons. The highest BCUT2D eigenvalue weighted by Crippen LogP contribution is 2.42. The first kappa shape index (κ1) is 23.7. The van der Waals surface area contributed by atoms with E-state index in [0.717, 1.165) is 37.1 Å². The summed E-state index contributed by atoms with van der Waals surface area (Å²) in [5.74, 6) is 1.19. The lowest BCUT2D eigenvalue weighted by molar-refractivity contribution is -0.114. The molecule has 1 aliphatic rings. The molecule has 2 unspecified atom stereocenters. The minimum absolute atomic E-state index is 0.115. The molecule has 0 spiro atoms. The van der Waals surface area contributed by atoms with Gasteiger partial charge < -0.3 is 25.2 Å². The van der Waals surface area contributed by atoms with Crippen molar-refractivity contribution >= 4 is 11.6 Å². The van der Waals surface area contributed by atoms with Gasteiger partial charge in [-0.05, 0) is 68.9 Å². The van der Waals surface area contributed by atoms with Crippen molar-refractivity contribution in [3.63, 3.8) is 0 Å². The van der Waals surface area contributed by atoms with Gasteiger partial charge in [0.05, 0.1) is 12.7 Å². The zero-order valence-electron chi connectivity index (χ0n) is 18.4. The van der Waals surface area contributed by atoms with Crippen molar-refractivity contribution in [2.45, 2.75) is 38.2 Å². The van der Waals surface area contributed by atoms with E-state index in [2.05, 4.69) is 24.3 Å². The van der Waals surface area contributed by atoms with E-state index in [1.54, 1.807) is 19.2 Å². The summed E-state index contributed by atoms with van der Waals surface area (Å²) in [5, 5.41) is 22.6. The van der Waals surface area contributed by atoms with Crippen molar-refractivity contribution in [2.75, 3.05) is 33.1 Å². The number of amides is 1. The summed E-state index contributed by atoms with van der Waals surface area (Å²) in [4.78, 5) is 12.7. The Morgan fingerprint density at radius 3 is 2.50 bits per heavy atom. The fourth-order valence-corrected chi connectivity index (χ4v) is 3.93. The Bertz CT molecular complexity index is 807. The molecule has 0 bridgehead atoms. The summed E-state index contributed by atoms with van der Waals surface area (Å²) in [7, 11) is 5.81. The lowest BCUT2D eigenvalue weighted by atomic mass is 9.71. The predicted octanol–water partition coefficient (Wildman–Crippen LogP) is 3.99. The Morgan fingerprint density at radius 2 is 1.90 bits per heavy atom. The third-order valence-electron chi connectivity index (χ3n) is 5.38. The molecular formula is C24H34N2O4. The molecule has 1 aliphatic carbocycles. The van der Waals surface area contributed by atoms with Crippen LogP contribution in [0.2, 0.25) is 0 Å². The Labute approximate surface area is 179 Å². The molecule has 6 heteroatoms. The van der Waals surface area contributed by atoms with Crippen molar-refractivity contribution < 1.29 is 19.7 Å². The lowest BCUT2D eigenvalue weighted by Gasteiger charge is -2.41. The maximum atomic E-state index is 11.2. The molecule has 2 aromatic rings. The van der Waals surface area contributed by atoms with Crippen LogP contribution in [0.15, 0.2) is 48.5 Å². The van der Waals surface area contributed by atoms with Crippen LogP contribution in [0.5, 0.6) is 11.5 Å². The van der Waals surface area contributed by atoms with Gasteiger partial charge >= 0.3 is 0 Å². The van der Waals surface area contributed by atoms with E-state index in [1.807, 2.05) is 24.3 Å². The molecule has 0 aromatic heterocycles. The number of methoxy groups -OCH3 is 1. The zero-order chi connectivity index (χ0) is 22.1. The van der Waals surface area contributed by atoms with Gasteiger partial charge in [-0.2, -0.15) is 0 Å². The highest BCUT2D eigenvalue weighted by molar-refractivity contribution is 5.88. The van der Waals surface area contributed by atoms with Crippen molar-refractivity contribution in [1.82, 2.24) is 4.90 Å². The van der Waals surface area contributed by atoms with Crippen LogP contribution in [0.4, 0.5) is 5.69 Å². The van der Waals surface area contributed by atoms with E-state index in [0.29, 0.717) is 11.6 Å². The average molecular weight is 415 g/mol. The average Bonchev–Trinajstić information content (AvgIpc) is 2.71. The number of carbonyl (C=O) groups is 1. The van der Waals surface area contributed by atoms with Crippen LogP contribution in [0.25, 0.3) is 0 Å². The van der Waals surface area contributed by atoms with Crippen molar-refractivity contribution in [1.29, 1.82) is 0 Å². The molecule has 0 aliphatic heterocycles. The van der Waals surface area contributed by atoms with Gasteiger partial charge in [0.25, 0.3) is 0 Å². The van der Waals surface area contributed by atoms with E-state index in [1.165, 1.54) is 25.5 Å². The van der Waals surface area contributed by atoms with Gasteiger partial charge in [-0.1, -0.05) is 25.0 Å². The number of anilines is 1. The Morgan fingerprint density at radius 1 is 1.20 bits per heavy atom. The van der Waals surface area contributed by atoms with Crippen LogP contribution in [-0.4, -0.2) is 48.8 Å². The lowest BCUT2D eigenvalue weighted by Crippen LogP contribution is -2.43. The molecule has 6 nitrogen and oxygen atoms in total. The first-order valence-electron chi connectivity index (χ1n) is 10.3. The van der Waals surface area contributed by atoms with Crippen LogP contribution in [0.1, 0.15) is 38.2 Å². The highest BCUT2D eigenvalue weighted by atomic mass is 16.5. The van der Waals surface area contributed by atoms with Crippen molar-refractivity contribution in [3.8, 4) is 11.5 Å². The number of benzene rings is 2. The van der Waals surface area contributed by atoms with Gasteiger partial charge in [-0.25, -0.2) is 0 Å². The van der Waals surface area contributed by atoms with Gasteiger partial charge in [-0.15, -0.1) is 0 Å². The topological polar surface area (TPSA) is 82.0 Å². The first-order valence-corrected chi connectivity index (χ1v) is 10.3. The number of hydrogen-bond acceptors (Lipinski definition) is 5. The number of aliphatic hydroxyl groups is 1. The second-order valence-corrected chi connectivity index (χ2v) is 8.09. The van der Waals surface area contributed by atoms with E-state index in [4.69, 9.17) is 9.84 Å². The predicted molar refractivity (Wildman–Crippen MR) is 120 cm³/mol. The Balaban J connectivity index is 0.000000248. The van der Waals surface area contributed by atoms with Crippen molar-refractivity contribution in [2.24, 2.45) is 5.92 Å². The second-order valence-electron chi connectivity index (χ2n) is 8.09. The normalized spacial score (nSPS) is 20.8. The smallest absolute Gasteiger partial charge is 0.221 e. The SMILES string of the molecule is CC(=O)Nc1ccc(O)cc1.COc1cccc(C2(O)CCCCC2CN(C)C)c1. The van der Waals surface area contributed by atoms with Crippen LogP contribution in [-0.2, 0) is 10.4 Å². The maximum Gasteiger partial charge on any atom is 0.221 e. The summed E-state index contributed by atoms with van der Waals surface area (Å²) in [6, 6.07) is 14.2. The summed E-state index contributed by atoms with van der Waals surface area (Å²) in [6.45, 7) is 2.36. The zero-order valence-corrected chi connectivity index (χ0v) is 18.4. The molecule has 0 heterocycles.